The van der Waals surface area contributed by atoms with Crippen LogP contribution in [-0.4, -0.2) is 54.0 Å². The largest absolute Gasteiger partial charge is 0.490 e. The molecule has 0 unspecified atom stereocenters. The lowest BCUT2D eigenvalue weighted by Gasteiger charge is -2.34. The highest BCUT2D eigenvalue weighted by molar-refractivity contribution is 6.20. The van der Waals surface area contributed by atoms with Crippen molar-refractivity contribution in [2.24, 2.45) is 4.99 Å². The lowest BCUT2D eigenvalue weighted by Crippen LogP contribution is -2.40. The number of aromatic nitrogens is 1. The fourth-order valence-electron chi connectivity index (χ4n) is 5.21. The zero-order valence-electron chi connectivity index (χ0n) is 19.6. The molecule has 1 amide bonds. The molecule has 0 bridgehead atoms. The molecule has 3 aromatic rings. The topological polar surface area (TPSA) is 74.8 Å². The Morgan fingerprint density at radius 1 is 1.18 bits per heavy atom. The van der Waals surface area contributed by atoms with Crippen molar-refractivity contribution in [1.29, 1.82) is 0 Å². The van der Waals surface area contributed by atoms with Crippen molar-refractivity contribution in [3.63, 3.8) is 0 Å². The number of fused-ring (bicyclic) bond motifs is 4. The molecule has 0 spiro atoms. The van der Waals surface area contributed by atoms with E-state index in [0.717, 1.165) is 70.5 Å². The summed E-state index contributed by atoms with van der Waals surface area (Å²) in [6.45, 7) is 7.35. The van der Waals surface area contributed by atoms with E-state index in [1.807, 2.05) is 47.5 Å². The van der Waals surface area contributed by atoms with Gasteiger partial charge in [-0.25, -0.2) is 0 Å². The number of aromatic amines is 1. The number of carbonyl (C=O) groups is 2. The Morgan fingerprint density at radius 3 is 2.64 bits per heavy atom. The van der Waals surface area contributed by atoms with E-state index in [1.54, 1.807) is 14.0 Å². The number of rotatable bonds is 3. The molecule has 2 aliphatic rings. The number of likely N-dealkylation sites (tertiary alicyclic amines) is 1. The van der Waals surface area contributed by atoms with Crippen LogP contribution in [0.1, 0.15) is 66.4 Å². The van der Waals surface area contributed by atoms with Crippen LogP contribution in [0.15, 0.2) is 41.4 Å². The average Bonchev–Trinajstić information content (AvgIpc) is 3.18. The molecule has 1 saturated heterocycles. The van der Waals surface area contributed by atoms with E-state index < -0.39 is 0 Å². The molecule has 0 radical (unpaired) electrons. The van der Waals surface area contributed by atoms with Crippen LogP contribution >= 0.6 is 0 Å². The second-order valence-corrected chi connectivity index (χ2v) is 9.55. The van der Waals surface area contributed by atoms with Crippen molar-refractivity contribution >= 4 is 28.8 Å². The van der Waals surface area contributed by atoms with Crippen molar-refractivity contribution in [3.05, 3.63) is 64.3 Å². The lowest BCUT2D eigenvalue weighted by atomic mass is 9.71. The number of amides is 1. The van der Waals surface area contributed by atoms with Crippen LogP contribution in [0.4, 0.5) is 0 Å². The third-order valence-electron chi connectivity index (χ3n) is 7.05. The molecule has 1 aliphatic heterocycles. The SMILES string of the molecule is C/N=C\c1ccc2c3c([nH]c2c1)C(C)(C)c1cc(OC2CCN(C(C)=O)CC2)ccc1C3=O. The minimum Gasteiger partial charge on any atom is -0.490 e. The first-order valence-electron chi connectivity index (χ1n) is 11.5. The van der Waals surface area contributed by atoms with Crippen molar-refractivity contribution in [2.45, 2.75) is 45.1 Å². The number of nitrogens with zero attached hydrogens (tertiary/aromatic N) is 2. The van der Waals surface area contributed by atoms with Crippen LogP contribution in [0.3, 0.4) is 0 Å². The number of nitrogens with one attached hydrogen (secondary N) is 1. The van der Waals surface area contributed by atoms with E-state index in [1.165, 1.54) is 0 Å². The summed E-state index contributed by atoms with van der Waals surface area (Å²) in [6.07, 6.45) is 3.51. The highest BCUT2D eigenvalue weighted by atomic mass is 16.5. The second-order valence-electron chi connectivity index (χ2n) is 9.55. The van der Waals surface area contributed by atoms with Crippen LogP contribution in [0.2, 0.25) is 0 Å². The van der Waals surface area contributed by atoms with E-state index in [0.29, 0.717) is 0 Å². The smallest absolute Gasteiger partial charge is 0.219 e. The molecule has 170 valence electrons. The molecule has 1 aliphatic carbocycles. The molecule has 1 fully saturated rings. The van der Waals surface area contributed by atoms with Gasteiger partial charge >= 0.3 is 0 Å². The summed E-state index contributed by atoms with van der Waals surface area (Å²) >= 11 is 0. The highest BCUT2D eigenvalue weighted by Crippen LogP contribution is 2.44. The van der Waals surface area contributed by atoms with Gasteiger partial charge in [0.1, 0.15) is 11.9 Å². The lowest BCUT2D eigenvalue weighted by molar-refractivity contribution is -0.130. The van der Waals surface area contributed by atoms with Crippen molar-refractivity contribution in [2.75, 3.05) is 20.1 Å². The number of benzene rings is 2. The van der Waals surface area contributed by atoms with Gasteiger partial charge in [0, 0.05) is 73.7 Å². The first-order valence-corrected chi connectivity index (χ1v) is 11.5. The number of H-pyrrole nitrogens is 1. The highest BCUT2D eigenvalue weighted by Gasteiger charge is 2.40. The fourth-order valence-corrected chi connectivity index (χ4v) is 5.21. The van der Waals surface area contributed by atoms with Crippen LogP contribution in [0.5, 0.6) is 5.75 Å². The normalized spacial score (nSPS) is 17.9. The predicted octanol–water partition coefficient (Wildman–Crippen LogP) is 4.48. The molecule has 6 heteroatoms. The molecule has 2 heterocycles. The molecular weight excluding hydrogens is 414 g/mol. The van der Waals surface area contributed by atoms with E-state index in [2.05, 4.69) is 23.8 Å². The summed E-state index contributed by atoms with van der Waals surface area (Å²) in [5, 5.41) is 0.944. The summed E-state index contributed by atoms with van der Waals surface area (Å²) in [6, 6.07) is 11.9. The number of ketones is 1. The molecule has 2 aromatic carbocycles. The van der Waals surface area contributed by atoms with Crippen molar-refractivity contribution in [1.82, 2.24) is 9.88 Å². The van der Waals surface area contributed by atoms with E-state index in [9.17, 15) is 9.59 Å². The second kappa shape index (κ2) is 7.87. The van der Waals surface area contributed by atoms with Gasteiger partial charge in [-0.05, 0) is 35.4 Å². The third kappa shape index (κ3) is 3.54. The van der Waals surface area contributed by atoms with Gasteiger partial charge in [-0.15, -0.1) is 0 Å². The maximum absolute atomic E-state index is 13.6. The van der Waals surface area contributed by atoms with Crippen molar-refractivity contribution < 1.29 is 14.3 Å². The number of carbonyl (C=O) groups excluding carboxylic acids is 2. The first-order chi connectivity index (χ1) is 15.8. The van der Waals surface area contributed by atoms with Gasteiger partial charge in [-0.1, -0.05) is 26.0 Å². The Kier molecular flexibility index (Phi) is 5.11. The number of hydrogen-bond acceptors (Lipinski definition) is 4. The average molecular weight is 444 g/mol. The van der Waals surface area contributed by atoms with Gasteiger partial charge in [0.05, 0.1) is 5.56 Å². The summed E-state index contributed by atoms with van der Waals surface area (Å²) in [5.74, 6) is 0.937. The number of aliphatic imine (C=N–C) groups is 1. The van der Waals surface area contributed by atoms with Gasteiger partial charge < -0.3 is 14.6 Å². The zero-order valence-corrected chi connectivity index (χ0v) is 19.6. The molecule has 33 heavy (non-hydrogen) atoms. The molecule has 0 atom stereocenters. The van der Waals surface area contributed by atoms with E-state index in [-0.39, 0.29) is 23.2 Å². The number of ether oxygens (including phenoxy) is 1. The van der Waals surface area contributed by atoms with Crippen LogP contribution in [0, 0.1) is 0 Å². The zero-order chi connectivity index (χ0) is 23.3. The maximum atomic E-state index is 13.6. The standard InChI is InChI=1S/C27H29N3O3/c1-16(31)30-11-9-18(10-12-30)33-19-6-8-20-22(14-19)27(2,3)26-24(25(20)32)21-7-5-17(15-28-4)13-23(21)29-26/h5-8,13-15,18,29H,9-12H2,1-4H3/b28-15-. The first kappa shape index (κ1) is 21.4. The summed E-state index contributed by atoms with van der Waals surface area (Å²) in [5.41, 5.74) is 4.96. The Balaban J connectivity index is 1.48. The Morgan fingerprint density at radius 2 is 1.94 bits per heavy atom. The third-order valence-corrected chi connectivity index (χ3v) is 7.05. The molecule has 1 aromatic heterocycles. The molecule has 5 rings (SSSR count). The summed E-state index contributed by atoms with van der Waals surface area (Å²) in [7, 11) is 1.75. The van der Waals surface area contributed by atoms with Gasteiger partial charge in [-0.2, -0.15) is 0 Å². The van der Waals surface area contributed by atoms with Crippen LogP contribution < -0.4 is 4.74 Å². The molecule has 6 nitrogen and oxygen atoms in total. The Hall–Kier alpha value is -3.41. The minimum atomic E-state index is -0.381. The van der Waals surface area contributed by atoms with Crippen LogP contribution in [0.25, 0.3) is 10.9 Å². The monoisotopic (exact) mass is 443 g/mol. The predicted molar refractivity (Wildman–Crippen MR) is 130 cm³/mol. The minimum absolute atomic E-state index is 0.0452. The summed E-state index contributed by atoms with van der Waals surface area (Å²) < 4.78 is 6.29. The molecule has 1 N–H and O–H groups in total. The quantitative estimate of drug-likeness (QED) is 0.607. The number of piperidine rings is 1. The molecule has 0 saturated carbocycles. The fraction of sp³-hybridized carbons (Fsp3) is 0.370. The van der Waals surface area contributed by atoms with Crippen LogP contribution in [-0.2, 0) is 10.2 Å². The maximum Gasteiger partial charge on any atom is 0.219 e. The van der Waals surface area contributed by atoms with Gasteiger partial charge in [0.2, 0.25) is 5.91 Å². The van der Waals surface area contributed by atoms with E-state index in [4.69, 9.17) is 4.74 Å². The van der Waals surface area contributed by atoms with Gasteiger partial charge in [0.25, 0.3) is 0 Å². The van der Waals surface area contributed by atoms with Gasteiger partial charge in [-0.3, -0.25) is 14.6 Å². The van der Waals surface area contributed by atoms with Crippen molar-refractivity contribution in [3.8, 4) is 5.75 Å². The van der Waals surface area contributed by atoms with E-state index >= 15 is 0 Å². The Bertz CT molecular complexity index is 1290. The Labute approximate surface area is 193 Å². The summed E-state index contributed by atoms with van der Waals surface area (Å²) in [4.78, 5) is 34.6. The number of hydrogen-bond donors (Lipinski definition) is 1. The molecular formula is C27H29N3O3. The van der Waals surface area contributed by atoms with Gasteiger partial charge in [0.15, 0.2) is 5.78 Å².